The van der Waals surface area contributed by atoms with Gasteiger partial charge in [-0.3, -0.25) is 4.79 Å². The molecule has 0 radical (unpaired) electrons. The maximum absolute atomic E-state index is 11.0. The van der Waals surface area contributed by atoms with E-state index in [1.807, 2.05) is 11.3 Å². The SMILES string of the molecule is Cc1sc(C)c(CCC(C)(C)CC(=O)O)c1CCCc1ccccc1. The maximum Gasteiger partial charge on any atom is 0.303 e. The van der Waals surface area contributed by atoms with Crippen LogP contribution in [0, 0.1) is 19.3 Å². The Morgan fingerprint density at radius 3 is 2.20 bits per heavy atom. The Bertz CT molecular complexity index is 698. The molecule has 0 bridgehead atoms. The molecule has 0 amide bonds. The minimum Gasteiger partial charge on any atom is -0.481 e. The van der Waals surface area contributed by atoms with Crippen molar-refractivity contribution in [1.29, 1.82) is 0 Å². The standard InChI is InChI=1S/C22H30O2S/c1-16-19(12-8-11-18-9-6-5-7-10-18)20(17(2)25-16)13-14-22(3,4)15-21(23)24/h5-7,9-10H,8,11-15H2,1-4H3,(H,23,24). The average Bonchev–Trinajstić information content (AvgIpc) is 2.79. The molecule has 1 N–H and O–H groups in total. The van der Waals surface area contributed by atoms with Crippen LogP contribution in [0.1, 0.15) is 59.6 Å². The van der Waals surface area contributed by atoms with E-state index in [0.717, 1.165) is 32.1 Å². The van der Waals surface area contributed by atoms with Gasteiger partial charge in [-0.1, -0.05) is 44.2 Å². The van der Waals surface area contributed by atoms with Crippen LogP contribution < -0.4 is 0 Å². The summed E-state index contributed by atoms with van der Waals surface area (Å²) in [5.41, 5.74) is 4.21. The highest BCUT2D eigenvalue weighted by Crippen LogP contribution is 2.34. The smallest absolute Gasteiger partial charge is 0.303 e. The molecule has 2 nitrogen and oxygen atoms in total. The third-order valence-corrected chi connectivity index (χ3v) is 6.04. The number of thiophene rings is 1. The highest BCUT2D eigenvalue weighted by Gasteiger charge is 2.23. The van der Waals surface area contributed by atoms with Gasteiger partial charge >= 0.3 is 5.97 Å². The molecule has 0 aliphatic heterocycles. The molecule has 0 saturated carbocycles. The van der Waals surface area contributed by atoms with Gasteiger partial charge in [0.15, 0.2) is 0 Å². The third kappa shape index (κ3) is 6.00. The van der Waals surface area contributed by atoms with E-state index in [-0.39, 0.29) is 11.8 Å². The van der Waals surface area contributed by atoms with Crippen molar-refractivity contribution in [2.24, 2.45) is 5.41 Å². The first-order valence-electron chi connectivity index (χ1n) is 9.12. The molecule has 2 aromatic rings. The molecule has 0 aliphatic carbocycles. The quantitative estimate of drug-likeness (QED) is 0.599. The fraction of sp³-hybridized carbons (Fsp3) is 0.500. The molecular formula is C22H30O2S. The van der Waals surface area contributed by atoms with E-state index in [2.05, 4.69) is 58.0 Å². The number of rotatable bonds is 9. The summed E-state index contributed by atoms with van der Waals surface area (Å²) in [6.07, 6.45) is 5.52. The lowest BCUT2D eigenvalue weighted by atomic mass is 9.82. The van der Waals surface area contributed by atoms with Crippen LogP contribution >= 0.6 is 11.3 Å². The first-order valence-corrected chi connectivity index (χ1v) is 9.93. The number of hydrogen-bond donors (Lipinski definition) is 1. The molecule has 1 heterocycles. The fourth-order valence-corrected chi connectivity index (χ4v) is 4.66. The van der Waals surface area contributed by atoms with Crippen LogP contribution in [0.3, 0.4) is 0 Å². The summed E-state index contributed by atoms with van der Waals surface area (Å²) in [5.74, 6) is -0.702. The monoisotopic (exact) mass is 358 g/mol. The lowest BCUT2D eigenvalue weighted by Gasteiger charge is -2.22. The average molecular weight is 359 g/mol. The topological polar surface area (TPSA) is 37.3 Å². The first kappa shape index (κ1) is 19.7. The van der Waals surface area contributed by atoms with Crippen molar-refractivity contribution in [3.63, 3.8) is 0 Å². The van der Waals surface area contributed by atoms with Crippen molar-refractivity contribution >= 4 is 17.3 Å². The van der Waals surface area contributed by atoms with E-state index < -0.39 is 5.97 Å². The van der Waals surface area contributed by atoms with Gasteiger partial charge in [0.05, 0.1) is 6.42 Å². The Hall–Kier alpha value is -1.61. The zero-order valence-electron chi connectivity index (χ0n) is 15.9. The van der Waals surface area contributed by atoms with Gasteiger partial charge in [-0.2, -0.15) is 0 Å². The molecule has 0 spiro atoms. The molecule has 2 rings (SSSR count). The van der Waals surface area contributed by atoms with Crippen LogP contribution in [-0.2, 0) is 24.1 Å². The normalized spacial score (nSPS) is 11.7. The van der Waals surface area contributed by atoms with Crippen LogP contribution in [0.25, 0.3) is 0 Å². The summed E-state index contributed by atoms with van der Waals surface area (Å²) < 4.78 is 0. The van der Waals surface area contributed by atoms with Gasteiger partial charge in [0.25, 0.3) is 0 Å². The molecule has 1 aromatic heterocycles. The maximum atomic E-state index is 11.0. The van der Waals surface area contributed by atoms with E-state index in [1.54, 1.807) is 0 Å². The Morgan fingerprint density at radius 2 is 1.60 bits per heavy atom. The molecule has 0 fully saturated rings. The lowest BCUT2D eigenvalue weighted by molar-refractivity contribution is -0.139. The van der Waals surface area contributed by atoms with Gasteiger partial charge in [0, 0.05) is 9.75 Å². The Balaban J connectivity index is 2.00. The van der Waals surface area contributed by atoms with Crippen LogP contribution in [0.15, 0.2) is 30.3 Å². The van der Waals surface area contributed by atoms with Crippen LogP contribution in [0.4, 0.5) is 0 Å². The number of carboxylic acid groups (broad SMARTS) is 1. The van der Waals surface area contributed by atoms with E-state index in [9.17, 15) is 4.79 Å². The van der Waals surface area contributed by atoms with E-state index in [4.69, 9.17) is 5.11 Å². The van der Waals surface area contributed by atoms with Gasteiger partial charge in [0.1, 0.15) is 0 Å². The number of aryl methyl sites for hydroxylation is 3. The van der Waals surface area contributed by atoms with Crippen molar-refractivity contribution in [3.8, 4) is 0 Å². The van der Waals surface area contributed by atoms with Gasteiger partial charge in [-0.25, -0.2) is 0 Å². The number of carbonyl (C=O) groups is 1. The molecule has 0 saturated heterocycles. The molecule has 25 heavy (non-hydrogen) atoms. The van der Waals surface area contributed by atoms with E-state index >= 15 is 0 Å². The summed E-state index contributed by atoms with van der Waals surface area (Å²) in [5, 5.41) is 9.09. The van der Waals surface area contributed by atoms with Crippen molar-refractivity contribution in [1.82, 2.24) is 0 Å². The molecule has 0 atom stereocenters. The number of aliphatic carboxylic acids is 1. The molecule has 136 valence electrons. The van der Waals surface area contributed by atoms with E-state index in [0.29, 0.717) is 0 Å². The lowest BCUT2D eigenvalue weighted by Crippen LogP contribution is -2.18. The van der Waals surface area contributed by atoms with Crippen molar-refractivity contribution in [3.05, 3.63) is 56.8 Å². The Labute approximate surface area is 155 Å². The van der Waals surface area contributed by atoms with Crippen molar-refractivity contribution in [2.75, 3.05) is 0 Å². The predicted molar refractivity (Wildman–Crippen MR) is 107 cm³/mol. The fourth-order valence-electron chi connectivity index (χ4n) is 3.51. The minimum absolute atomic E-state index is 0.157. The van der Waals surface area contributed by atoms with Crippen LogP contribution in [0.2, 0.25) is 0 Å². The Kier molecular flexibility index (Phi) is 6.83. The van der Waals surface area contributed by atoms with Crippen LogP contribution in [0.5, 0.6) is 0 Å². The minimum atomic E-state index is -0.702. The third-order valence-electron chi connectivity index (χ3n) is 4.94. The van der Waals surface area contributed by atoms with Crippen molar-refractivity contribution < 1.29 is 9.90 Å². The van der Waals surface area contributed by atoms with Gasteiger partial charge in [-0.15, -0.1) is 11.3 Å². The molecule has 3 heteroatoms. The highest BCUT2D eigenvalue weighted by atomic mass is 32.1. The number of benzene rings is 1. The van der Waals surface area contributed by atoms with E-state index in [1.165, 1.54) is 26.4 Å². The number of hydrogen-bond acceptors (Lipinski definition) is 2. The summed E-state index contributed by atoms with van der Waals surface area (Å²) in [6, 6.07) is 10.7. The highest BCUT2D eigenvalue weighted by molar-refractivity contribution is 7.12. The largest absolute Gasteiger partial charge is 0.481 e. The first-order chi connectivity index (χ1) is 11.8. The number of carboxylic acids is 1. The second-order valence-corrected chi connectivity index (χ2v) is 9.17. The van der Waals surface area contributed by atoms with Crippen LogP contribution in [-0.4, -0.2) is 11.1 Å². The summed E-state index contributed by atoms with van der Waals surface area (Å²) in [6.45, 7) is 8.55. The van der Waals surface area contributed by atoms with Gasteiger partial charge in [0.2, 0.25) is 0 Å². The van der Waals surface area contributed by atoms with Gasteiger partial charge < -0.3 is 5.11 Å². The molecule has 0 aliphatic rings. The molecular weight excluding hydrogens is 328 g/mol. The van der Waals surface area contributed by atoms with Gasteiger partial charge in [-0.05, 0) is 68.1 Å². The van der Waals surface area contributed by atoms with Crippen molar-refractivity contribution in [2.45, 2.75) is 66.2 Å². The Morgan fingerprint density at radius 1 is 1.00 bits per heavy atom. The predicted octanol–water partition coefficient (Wildman–Crippen LogP) is 5.97. The zero-order chi connectivity index (χ0) is 18.4. The zero-order valence-corrected chi connectivity index (χ0v) is 16.7. The summed E-state index contributed by atoms with van der Waals surface area (Å²) in [7, 11) is 0. The molecule has 1 aromatic carbocycles. The summed E-state index contributed by atoms with van der Waals surface area (Å²) >= 11 is 1.89. The summed E-state index contributed by atoms with van der Waals surface area (Å²) in [4.78, 5) is 13.9. The molecule has 0 unspecified atom stereocenters. The second kappa shape index (κ2) is 8.66. The second-order valence-electron chi connectivity index (χ2n) is 7.75.